The Morgan fingerprint density at radius 2 is 2.18 bits per heavy atom. The fraction of sp³-hybridized carbons (Fsp3) is 0.250. The maximum Gasteiger partial charge on any atom is 0.258 e. The Hall–Kier alpha value is -1.22. The summed E-state index contributed by atoms with van der Waals surface area (Å²) in [6, 6.07) is 7.25. The molecule has 1 N–H and O–H groups in total. The fourth-order valence-corrected chi connectivity index (χ4v) is 0.901. The Kier molecular flexibility index (Phi) is 2.74. The van der Waals surface area contributed by atoms with Gasteiger partial charge in [0.05, 0.1) is 12.2 Å². The number of nitrogens with one attached hydrogen (secondary N) is 1. The van der Waals surface area contributed by atoms with Gasteiger partial charge >= 0.3 is 0 Å². The van der Waals surface area contributed by atoms with Gasteiger partial charge in [0.15, 0.2) is 0 Å². The van der Waals surface area contributed by atoms with Gasteiger partial charge in [-0.15, -0.1) is 0 Å². The molecule has 11 heavy (non-hydrogen) atoms. The van der Waals surface area contributed by atoms with Crippen molar-refractivity contribution in [2.75, 3.05) is 7.11 Å². The topological polar surface area (TPSA) is 40.3 Å². The minimum Gasteiger partial charge on any atom is -0.380 e. The summed E-state index contributed by atoms with van der Waals surface area (Å²) >= 11 is 0. The van der Waals surface area contributed by atoms with E-state index in [4.69, 9.17) is 4.74 Å². The quantitative estimate of drug-likeness (QED) is 0.677. The van der Waals surface area contributed by atoms with Crippen LogP contribution in [0.3, 0.4) is 0 Å². The second-order valence-electron chi connectivity index (χ2n) is 2.19. The van der Waals surface area contributed by atoms with Crippen molar-refractivity contribution in [3.05, 3.63) is 34.7 Å². The summed E-state index contributed by atoms with van der Waals surface area (Å²) in [5.74, 6) is 0. The number of methoxy groups -OCH3 is 1. The van der Waals surface area contributed by atoms with E-state index in [1.165, 1.54) is 0 Å². The number of benzene rings is 1. The molecule has 0 atom stereocenters. The van der Waals surface area contributed by atoms with Crippen molar-refractivity contribution in [3.8, 4) is 0 Å². The van der Waals surface area contributed by atoms with Crippen LogP contribution in [-0.2, 0) is 11.3 Å². The Morgan fingerprint density at radius 3 is 2.82 bits per heavy atom. The third-order valence-electron chi connectivity index (χ3n) is 1.43. The lowest BCUT2D eigenvalue weighted by Crippen LogP contribution is -2.56. The molecule has 1 aromatic carbocycles. The van der Waals surface area contributed by atoms with Crippen LogP contribution in [0.4, 0.5) is 5.69 Å². The molecular formula is C8H10NO2+. The molecule has 0 spiro atoms. The van der Waals surface area contributed by atoms with E-state index in [-0.39, 0.29) is 0 Å². The molecule has 0 heterocycles. The van der Waals surface area contributed by atoms with Crippen molar-refractivity contribution in [1.29, 1.82) is 0 Å². The molecule has 0 saturated carbocycles. The van der Waals surface area contributed by atoms with E-state index in [9.17, 15) is 4.91 Å². The normalized spacial score (nSPS) is 9.55. The van der Waals surface area contributed by atoms with E-state index in [2.05, 4.69) is 0 Å². The monoisotopic (exact) mass is 152 g/mol. The highest BCUT2D eigenvalue weighted by atomic mass is 16.5. The first-order valence-corrected chi connectivity index (χ1v) is 3.33. The predicted molar refractivity (Wildman–Crippen MR) is 41.1 cm³/mol. The number of ether oxygens (including phenoxy) is 1. The van der Waals surface area contributed by atoms with Crippen LogP contribution in [0.15, 0.2) is 24.3 Å². The number of hydrogen-bond acceptors (Lipinski definition) is 2. The highest BCUT2D eigenvalue weighted by Crippen LogP contribution is 2.08. The van der Waals surface area contributed by atoms with Crippen molar-refractivity contribution in [3.63, 3.8) is 0 Å². The molecule has 0 aliphatic heterocycles. The summed E-state index contributed by atoms with van der Waals surface area (Å²) in [5, 5.41) is 1.85. The molecule has 0 radical (unpaired) electrons. The highest BCUT2D eigenvalue weighted by Gasteiger charge is 2.04. The molecule has 0 aliphatic rings. The van der Waals surface area contributed by atoms with Crippen LogP contribution in [0.25, 0.3) is 0 Å². The smallest absolute Gasteiger partial charge is 0.258 e. The van der Waals surface area contributed by atoms with E-state index in [1.807, 2.05) is 17.3 Å². The lowest BCUT2D eigenvalue weighted by atomic mass is 10.2. The molecule has 0 unspecified atom stereocenters. The number of rotatable bonds is 3. The minimum absolute atomic E-state index is 0.464. The Labute approximate surface area is 65.0 Å². The average Bonchev–Trinajstić information content (AvgIpc) is 2.06. The molecule has 0 amide bonds. The summed E-state index contributed by atoms with van der Waals surface area (Å²) in [6.07, 6.45) is 0. The molecule has 58 valence electrons. The van der Waals surface area contributed by atoms with Crippen LogP contribution in [0.1, 0.15) is 5.56 Å². The summed E-state index contributed by atoms with van der Waals surface area (Å²) < 4.78 is 4.89. The summed E-state index contributed by atoms with van der Waals surface area (Å²) in [5.41, 5.74) is 1.46. The van der Waals surface area contributed by atoms with E-state index in [0.29, 0.717) is 12.3 Å². The van der Waals surface area contributed by atoms with Gasteiger partial charge < -0.3 is 4.74 Å². The Balaban J connectivity index is 2.92. The van der Waals surface area contributed by atoms with Crippen LogP contribution in [0.2, 0.25) is 0 Å². The van der Waals surface area contributed by atoms with Crippen molar-refractivity contribution in [2.45, 2.75) is 6.61 Å². The van der Waals surface area contributed by atoms with E-state index >= 15 is 0 Å². The average molecular weight is 152 g/mol. The fourth-order valence-electron chi connectivity index (χ4n) is 0.901. The van der Waals surface area contributed by atoms with Gasteiger partial charge in [-0.3, -0.25) is 0 Å². The van der Waals surface area contributed by atoms with Crippen LogP contribution >= 0.6 is 0 Å². The maximum atomic E-state index is 10.3. The molecule has 0 fully saturated rings. The first-order chi connectivity index (χ1) is 5.38. The molecule has 3 nitrogen and oxygen atoms in total. The lowest BCUT2D eigenvalue weighted by molar-refractivity contribution is -0.380. The third kappa shape index (κ3) is 1.85. The number of hydrogen-bond donors (Lipinski definition) is 1. The van der Waals surface area contributed by atoms with E-state index in [0.717, 1.165) is 5.56 Å². The number of nitroso groups, excluding NO2 is 1. The van der Waals surface area contributed by atoms with Gasteiger partial charge in [-0.05, 0) is 6.07 Å². The first kappa shape index (κ1) is 7.88. The van der Waals surface area contributed by atoms with Crippen molar-refractivity contribution >= 4 is 5.69 Å². The van der Waals surface area contributed by atoms with Gasteiger partial charge in [-0.25, -0.2) is 0 Å². The molecule has 1 rings (SSSR count). The second-order valence-corrected chi connectivity index (χ2v) is 2.19. The zero-order valence-electron chi connectivity index (χ0n) is 6.33. The van der Waals surface area contributed by atoms with Gasteiger partial charge in [-0.1, -0.05) is 12.1 Å². The van der Waals surface area contributed by atoms with Gasteiger partial charge in [0.2, 0.25) is 0 Å². The molecule has 0 bridgehead atoms. The van der Waals surface area contributed by atoms with Crippen molar-refractivity contribution in [1.82, 2.24) is 0 Å². The first-order valence-electron chi connectivity index (χ1n) is 3.33. The predicted octanol–water partition coefficient (Wildman–Crippen LogP) is 0.312. The second kappa shape index (κ2) is 3.83. The van der Waals surface area contributed by atoms with Crippen LogP contribution in [0, 0.1) is 4.91 Å². The Bertz CT molecular complexity index is 248. The molecule has 1 aromatic rings. The number of para-hydroxylation sites is 1. The minimum atomic E-state index is 0.464. The largest absolute Gasteiger partial charge is 0.380 e. The SMILES string of the molecule is COCc1ccccc1[NH+]=O. The van der Waals surface area contributed by atoms with Crippen LogP contribution in [0.5, 0.6) is 0 Å². The lowest BCUT2D eigenvalue weighted by Gasteiger charge is -1.95. The zero-order valence-corrected chi connectivity index (χ0v) is 6.33. The molecule has 0 saturated heterocycles. The maximum absolute atomic E-state index is 10.3. The van der Waals surface area contributed by atoms with Gasteiger partial charge in [0, 0.05) is 23.3 Å². The highest BCUT2D eigenvalue weighted by molar-refractivity contribution is 5.37. The van der Waals surface area contributed by atoms with Gasteiger partial charge in [0.25, 0.3) is 5.69 Å². The summed E-state index contributed by atoms with van der Waals surface area (Å²) in [6.45, 7) is 0.464. The molecular weight excluding hydrogens is 142 g/mol. The zero-order chi connectivity index (χ0) is 8.10. The van der Waals surface area contributed by atoms with Crippen molar-refractivity contribution in [2.24, 2.45) is 0 Å². The van der Waals surface area contributed by atoms with E-state index in [1.54, 1.807) is 19.2 Å². The summed E-state index contributed by atoms with van der Waals surface area (Å²) in [4.78, 5) is 10.3. The van der Waals surface area contributed by atoms with Crippen LogP contribution < -0.4 is 5.18 Å². The molecule has 0 aliphatic carbocycles. The van der Waals surface area contributed by atoms with E-state index < -0.39 is 0 Å². The van der Waals surface area contributed by atoms with Crippen LogP contribution in [-0.4, -0.2) is 7.11 Å². The van der Waals surface area contributed by atoms with Gasteiger partial charge in [0.1, 0.15) is 0 Å². The standard InChI is InChI=1S/C8H9NO2/c1-11-6-7-4-2-3-5-8(7)9-10/h2-5H,6H2,1H3/p+1. The Morgan fingerprint density at radius 1 is 1.45 bits per heavy atom. The molecule has 3 heteroatoms. The summed E-state index contributed by atoms with van der Waals surface area (Å²) in [7, 11) is 1.60. The van der Waals surface area contributed by atoms with Crippen molar-refractivity contribution < 1.29 is 9.91 Å². The molecule has 0 aromatic heterocycles. The third-order valence-corrected chi connectivity index (χ3v) is 1.43. The van der Waals surface area contributed by atoms with Gasteiger partial charge in [-0.2, -0.15) is 0 Å².